The van der Waals surface area contributed by atoms with Crippen LogP contribution in [0.15, 0.2) is 66.6 Å². The number of rotatable bonds is 6. The number of nitrogens with one attached hydrogen (secondary N) is 1. The van der Waals surface area contributed by atoms with Crippen molar-refractivity contribution in [2.24, 2.45) is 11.6 Å². The number of aryl methyl sites for hydroxylation is 2. The third kappa shape index (κ3) is 13.6. The van der Waals surface area contributed by atoms with Crippen LogP contribution in [0.2, 0.25) is 0 Å². The summed E-state index contributed by atoms with van der Waals surface area (Å²) in [6, 6.07) is 15.0. The average Bonchev–Trinajstić information content (AvgIpc) is 3.11. The molecule has 0 saturated carbocycles. The van der Waals surface area contributed by atoms with Crippen LogP contribution in [0.4, 0.5) is 24.7 Å². The molecule has 1 heterocycles. The topological polar surface area (TPSA) is 143 Å². The molecule has 0 aliphatic heterocycles. The fourth-order valence-corrected chi connectivity index (χ4v) is 2.63. The predicted molar refractivity (Wildman–Crippen MR) is 140 cm³/mol. The molecular weight excluding hydrogens is 513 g/mol. The van der Waals surface area contributed by atoms with Gasteiger partial charge in [-0.25, -0.2) is 4.68 Å². The highest BCUT2D eigenvalue weighted by molar-refractivity contribution is 5.87. The van der Waals surface area contributed by atoms with Crippen molar-refractivity contribution in [2.75, 3.05) is 17.8 Å². The number of carbonyl (C=O) groups is 1. The summed E-state index contributed by atoms with van der Waals surface area (Å²) in [5, 5.41) is 4.07. The van der Waals surface area contributed by atoms with E-state index in [9.17, 15) is 18.0 Å². The Kier molecular flexibility index (Phi) is 14.1. The largest absolute Gasteiger partial charge is 0.573 e. The molecule has 2 aromatic carbocycles. The molecule has 3 rings (SSSR count). The van der Waals surface area contributed by atoms with Crippen LogP contribution in [0.1, 0.15) is 18.2 Å². The number of allylic oxidation sites excluding steroid dienone is 1. The first-order chi connectivity index (χ1) is 16.8. The lowest BCUT2D eigenvalue weighted by Gasteiger charge is -2.10. The molecule has 0 radical (unpaired) electrons. The minimum Gasteiger partial charge on any atom is -0.438 e. The highest BCUT2D eigenvalue weighted by atomic mass is 35.5. The van der Waals surface area contributed by atoms with Crippen molar-refractivity contribution in [2.45, 2.75) is 27.1 Å². The Bertz CT molecular complexity index is 1150. The number of carbonyl (C=O) groups excluding carboxylic acids is 1. The molecule has 0 saturated heterocycles. The Labute approximate surface area is 219 Å². The summed E-state index contributed by atoms with van der Waals surface area (Å²) in [5.74, 6) is 5.20. The molecule has 0 fully saturated rings. The van der Waals surface area contributed by atoms with Gasteiger partial charge in [0.05, 0.1) is 11.4 Å². The number of nitrogens with zero attached hydrogens (tertiary/aromatic N) is 2. The lowest BCUT2D eigenvalue weighted by Crippen LogP contribution is -2.17. The van der Waals surface area contributed by atoms with Crippen molar-refractivity contribution in [3.8, 4) is 11.4 Å². The zero-order chi connectivity index (χ0) is 27.3. The fourth-order valence-electron chi connectivity index (χ4n) is 2.63. The number of benzene rings is 2. The summed E-state index contributed by atoms with van der Waals surface area (Å²) < 4.78 is 46.1. The van der Waals surface area contributed by atoms with E-state index in [0.717, 1.165) is 5.69 Å². The number of nitrogen functional groups attached to an aromatic ring is 2. The van der Waals surface area contributed by atoms with Gasteiger partial charge in [0.15, 0.2) is 11.7 Å². The van der Waals surface area contributed by atoms with Gasteiger partial charge in [-0.3, -0.25) is 10.6 Å². The molecule has 3 aromatic rings. The van der Waals surface area contributed by atoms with Crippen molar-refractivity contribution < 1.29 is 27.4 Å². The zero-order valence-electron chi connectivity index (χ0n) is 20.6. The highest BCUT2D eigenvalue weighted by Gasteiger charge is 2.31. The first kappa shape index (κ1) is 33.0. The van der Waals surface area contributed by atoms with E-state index in [1.165, 1.54) is 41.4 Å². The zero-order valence-corrected chi connectivity index (χ0v) is 21.4. The normalized spacial score (nSPS) is 10.5. The molecule has 7 N–H and O–H groups in total. The van der Waals surface area contributed by atoms with E-state index < -0.39 is 6.36 Å². The molecule has 0 aliphatic rings. The van der Waals surface area contributed by atoms with Gasteiger partial charge in [-0.05, 0) is 50.6 Å². The maximum absolute atomic E-state index is 12.1. The third-order valence-corrected chi connectivity index (χ3v) is 3.95. The summed E-state index contributed by atoms with van der Waals surface area (Å²) >= 11 is 0. The number of hydrogen-bond acceptors (Lipinski definition) is 8. The van der Waals surface area contributed by atoms with Crippen molar-refractivity contribution in [1.82, 2.24) is 9.78 Å². The van der Waals surface area contributed by atoms with Crippen molar-refractivity contribution in [3.63, 3.8) is 0 Å². The average molecular weight is 544 g/mol. The van der Waals surface area contributed by atoms with Crippen molar-refractivity contribution in [1.29, 1.82) is 0 Å². The Morgan fingerprint density at radius 2 is 1.81 bits per heavy atom. The van der Waals surface area contributed by atoms with Gasteiger partial charge in [-0.15, -0.1) is 25.6 Å². The van der Waals surface area contributed by atoms with Crippen LogP contribution < -0.4 is 27.5 Å². The Hall–Kier alpha value is -4.03. The van der Waals surface area contributed by atoms with Crippen LogP contribution in [-0.2, 0) is 9.53 Å². The van der Waals surface area contributed by atoms with Gasteiger partial charge in [0, 0.05) is 23.9 Å². The molecule has 37 heavy (non-hydrogen) atoms. The van der Waals surface area contributed by atoms with Gasteiger partial charge in [-0.1, -0.05) is 18.2 Å². The van der Waals surface area contributed by atoms with Gasteiger partial charge < -0.3 is 26.4 Å². The van der Waals surface area contributed by atoms with Gasteiger partial charge in [0.2, 0.25) is 6.61 Å². The number of nitrogens with two attached hydrogens (primary N) is 3. The van der Waals surface area contributed by atoms with Crippen LogP contribution in [0.5, 0.6) is 5.75 Å². The first-order valence-electron chi connectivity index (χ1n) is 10.5. The molecule has 9 nitrogen and oxygen atoms in total. The van der Waals surface area contributed by atoms with Crippen LogP contribution in [0.25, 0.3) is 5.69 Å². The van der Waals surface area contributed by atoms with E-state index in [0.29, 0.717) is 17.2 Å². The van der Waals surface area contributed by atoms with Crippen molar-refractivity contribution >= 4 is 29.7 Å². The van der Waals surface area contributed by atoms with E-state index in [2.05, 4.69) is 26.9 Å². The van der Waals surface area contributed by atoms with E-state index >= 15 is 0 Å². The fraction of sp³-hybridized carbons (Fsp3) is 0.208. The number of halogens is 4. The van der Waals surface area contributed by atoms with Gasteiger partial charge >= 0.3 is 6.36 Å². The molecule has 0 aliphatic carbocycles. The molecule has 0 bridgehead atoms. The number of ketones is 1. The molecule has 1 aromatic heterocycles. The minimum atomic E-state index is -4.72. The SMILES string of the molecule is Cc1cc(N)n(-c2cccc(OC(F)(F)F)c2)n1.Cc1cccc(NN)c1.Cl.[CH2+]CO/C(N)=C/C(C)=O. The summed E-state index contributed by atoms with van der Waals surface area (Å²) in [6.45, 7) is 8.79. The summed E-state index contributed by atoms with van der Waals surface area (Å²) in [4.78, 5) is 10.3. The first-order valence-corrected chi connectivity index (χ1v) is 10.5. The second-order valence-electron chi connectivity index (χ2n) is 7.19. The van der Waals surface area contributed by atoms with Crippen LogP contribution >= 0.6 is 12.4 Å². The number of hydrazine groups is 1. The Balaban J connectivity index is 0.000000579. The molecule has 0 atom stereocenters. The number of hydrogen-bond donors (Lipinski definition) is 4. The lowest BCUT2D eigenvalue weighted by atomic mass is 10.2. The van der Waals surface area contributed by atoms with Gasteiger partial charge in [-0.2, -0.15) is 5.10 Å². The van der Waals surface area contributed by atoms with E-state index in [1.807, 2.05) is 31.2 Å². The molecule has 0 spiro atoms. The maximum Gasteiger partial charge on any atom is 0.573 e. The van der Waals surface area contributed by atoms with Crippen LogP contribution in [-0.4, -0.2) is 28.5 Å². The highest BCUT2D eigenvalue weighted by Crippen LogP contribution is 2.25. The number of ether oxygens (including phenoxy) is 2. The van der Waals surface area contributed by atoms with E-state index in [1.54, 1.807) is 19.1 Å². The number of alkyl halides is 3. The summed E-state index contributed by atoms with van der Waals surface area (Å²) in [7, 11) is 0. The monoisotopic (exact) mass is 543 g/mol. The lowest BCUT2D eigenvalue weighted by molar-refractivity contribution is -0.274. The molecule has 0 amide bonds. The quantitative estimate of drug-likeness (QED) is 0.116. The molecule has 13 heteroatoms. The molecule has 202 valence electrons. The van der Waals surface area contributed by atoms with Gasteiger partial charge in [0.1, 0.15) is 18.5 Å². The van der Waals surface area contributed by atoms with E-state index in [-0.39, 0.29) is 36.4 Å². The Morgan fingerprint density at radius 1 is 1.16 bits per heavy atom. The molecular formula is C24H31ClF3N6O3+. The smallest absolute Gasteiger partial charge is 0.438 e. The van der Waals surface area contributed by atoms with Crippen molar-refractivity contribution in [3.05, 3.63) is 84.7 Å². The third-order valence-electron chi connectivity index (χ3n) is 3.95. The second-order valence-corrected chi connectivity index (χ2v) is 7.19. The Morgan fingerprint density at radius 3 is 2.27 bits per heavy atom. The maximum atomic E-state index is 12.1. The van der Waals surface area contributed by atoms with Crippen LogP contribution in [0.3, 0.4) is 0 Å². The second kappa shape index (κ2) is 15.9. The van der Waals surface area contributed by atoms with Crippen LogP contribution in [0, 0.1) is 20.8 Å². The number of anilines is 2. The van der Waals surface area contributed by atoms with Gasteiger partial charge in [0.25, 0.3) is 0 Å². The summed E-state index contributed by atoms with van der Waals surface area (Å²) in [5.41, 5.74) is 16.7. The standard InChI is InChI=1S/C11H10F3N3O.C7H10N2.C6H9NO2.ClH/c1-7-5-10(15)17(16-7)8-3-2-4-9(6-8)18-11(12,13)14;1-6-3-2-4-7(5-6)9-8;1-3-9-6(7)4-5(2)8;/h2-6H,15H2,1H3;2-5,9H,8H2,1H3;4H,1,3H2,2H3,(H-,7,8);1H/p+1. The predicted octanol–water partition coefficient (Wildman–Crippen LogP) is 4.59. The summed E-state index contributed by atoms with van der Waals surface area (Å²) in [6.07, 6.45) is -3.50. The molecule has 0 unspecified atom stereocenters. The number of aromatic nitrogens is 2. The minimum absolute atomic E-state index is 0. The van der Waals surface area contributed by atoms with E-state index in [4.69, 9.17) is 17.3 Å².